The van der Waals surface area contributed by atoms with Crippen molar-refractivity contribution in [1.82, 2.24) is 10.2 Å². The highest BCUT2D eigenvalue weighted by molar-refractivity contribution is 7.99. The third kappa shape index (κ3) is 3.61. The van der Waals surface area contributed by atoms with Gasteiger partial charge in [0, 0.05) is 24.5 Å². The average molecular weight is 403 g/mol. The van der Waals surface area contributed by atoms with Gasteiger partial charge in [-0.3, -0.25) is 4.79 Å². The Morgan fingerprint density at radius 1 is 1.21 bits per heavy atom. The van der Waals surface area contributed by atoms with E-state index in [-0.39, 0.29) is 23.5 Å². The molecule has 3 aliphatic rings. The molecule has 4 rings (SSSR count). The van der Waals surface area contributed by atoms with E-state index >= 15 is 0 Å². The Balaban J connectivity index is 1.60. The number of ether oxygens (including phenoxy) is 1. The van der Waals surface area contributed by atoms with Crippen molar-refractivity contribution in [3.8, 4) is 0 Å². The number of nitrogens with zero attached hydrogens (tertiary/aromatic N) is 1. The molecule has 4 nitrogen and oxygen atoms in total. The molecular weight excluding hydrogens is 368 g/mol. The van der Waals surface area contributed by atoms with Crippen molar-refractivity contribution < 1.29 is 9.53 Å². The van der Waals surface area contributed by atoms with Crippen LogP contribution in [0.5, 0.6) is 0 Å². The summed E-state index contributed by atoms with van der Waals surface area (Å²) in [5, 5.41) is 3.29. The van der Waals surface area contributed by atoms with E-state index in [2.05, 4.69) is 53.2 Å². The van der Waals surface area contributed by atoms with Crippen LogP contribution in [-0.2, 0) is 14.9 Å². The van der Waals surface area contributed by atoms with Crippen LogP contribution in [0.2, 0.25) is 0 Å². The van der Waals surface area contributed by atoms with Crippen molar-refractivity contribution in [1.29, 1.82) is 0 Å². The van der Waals surface area contributed by atoms with E-state index in [4.69, 9.17) is 4.74 Å². The van der Waals surface area contributed by atoms with Gasteiger partial charge in [0.05, 0.1) is 12.1 Å². The summed E-state index contributed by atoms with van der Waals surface area (Å²) in [6, 6.07) is 9.46. The SMILES string of the molecule is CCO[C@H]1[C@H](NC(=O)CC)c2ccccc2C12CCN(C1CCSCC1)CC2. The lowest BCUT2D eigenvalue weighted by molar-refractivity contribution is -0.123. The molecule has 0 saturated carbocycles. The van der Waals surface area contributed by atoms with E-state index in [1.165, 1.54) is 35.5 Å². The quantitative estimate of drug-likeness (QED) is 0.811. The summed E-state index contributed by atoms with van der Waals surface area (Å²) in [7, 11) is 0. The van der Waals surface area contributed by atoms with Crippen LogP contribution in [0.4, 0.5) is 0 Å². The first-order chi connectivity index (χ1) is 13.7. The Hall–Kier alpha value is -1.04. The molecule has 0 unspecified atom stereocenters. The van der Waals surface area contributed by atoms with Gasteiger partial charge in [-0.2, -0.15) is 11.8 Å². The summed E-state index contributed by atoms with van der Waals surface area (Å²) >= 11 is 2.10. The van der Waals surface area contributed by atoms with Crippen LogP contribution < -0.4 is 5.32 Å². The molecule has 0 aromatic heterocycles. The average Bonchev–Trinajstić information content (AvgIpc) is 2.99. The van der Waals surface area contributed by atoms with Crippen molar-refractivity contribution in [3.63, 3.8) is 0 Å². The molecule has 1 spiro atoms. The number of benzene rings is 1. The van der Waals surface area contributed by atoms with Crippen LogP contribution >= 0.6 is 11.8 Å². The zero-order valence-corrected chi connectivity index (χ0v) is 18.1. The molecule has 2 saturated heterocycles. The topological polar surface area (TPSA) is 41.6 Å². The van der Waals surface area contributed by atoms with E-state index in [9.17, 15) is 4.79 Å². The number of hydrogen-bond donors (Lipinski definition) is 1. The molecule has 2 heterocycles. The summed E-state index contributed by atoms with van der Waals surface area (Å²) in [5.74, 6) is 2.72. The molecule has 5 heteroatoms. The maximum absolute atomic E-state index is 12.3. The van der Waals surface area contributed by atoms with Crippen LogP contribution in [0.15, 0.2) is 24.3 Å². The molecule has 1 N–H and O–H groups in total. The molecule has 2 aliphatic heterocycles. The third-order valence-electron chi connectivity index (χ3n) is 7.06. The normalized spacial score (nSPS) is 27.6. The largest absolute Gasteiger partial charge is 0.375 e. The first-order valence-electron chi connectivity index (χ1n) is 11.0. The molecule has 1 aromatic rings. The highest BCUT2D eigenvalue weighted by atomic mass is 32.2. The highest BCUT2D eigenvalue weighted by Gasteiger charge is 2.54. The van der Waals surface area contributed by atoms with Gasteiger partial charge in [0.2, 0.25) is 5.91 Å². The number of carbonyl (C=O) groups excluding carboxylic acids is 1. The van der Waals surface area contributed by atoms with E-state index < -0.39 is 0 Å². The smallest absolute Gasteiger partial charge is 0.220 e. The van der Waals surface area contributed by atoms with E-state index in [1.807, 2.05) is 6.92 Å². The predicted molar refractivity (Wildman–Crippen MR) is 116 cm³/mol. The number of rotatable bonds is 5. The third-order valence-corrected chi connectivity index (χ3v) is 8.11. The number of thioether (sulfide) groups is 1. The number of hydrogen-bond acceptors (Lipinski definition) is 4. The second-order valence-electron chi connectivity index (χ2n) is 8.40. The minimum atomic E-state index is -0.0266. The maximum atomic E-state index is 12.3. The molecular formula is C23H34N2O2S. The number of carbonyl (C=O) groups is 1. The molecule has 0 bridgehead atoms. The summed E-state index contributed by atoms with van der Waals surface area (Å²) in [6.07, 6.45) is 5.46. The lowest BCUT2D eigenvalue weighted by Gasteiger charge is -2.47. The number of likely N-dealkylation sites (tertiary alicyclic amines) is 1. The fraction of sp³-hybridized carbons (Fsp3) is 0.696. The summed E-state index contributed by atoms with van der Waals surface area (Å²) in [4.78, 5) is 15.0. The van der Waals surface area contributed by atoms with Gasteiger partial charge in [-0.15, -0.1) is 0 Å². The van der Waals surface area contributed by atoms with Gasteiger partial charge in [-0.1, -0.05) is 31.2 Å². The number of amides is 1. The fourth-order valence-corrected chi connectivity index (χ4v) is 6.70. The zero-order valence-electron chi connectivity index (χ0n) is 17.3. The molecule has 154 valence electrons. The number of fused-ring (bicyclic) bond motifs is 2. The fourth-order valence-electron chi connectivity index (χ4n) is 5.61. The summed E-state index contributed by atoms with van der Waals surface area (Å²) < 4.78 is 6.38. The Kier molecular flexibility index (Phi) is 6.34. The number of piperidine rings is 1. The monoisotopic (exact) mass is 402 g/mol. The lowest BCUT2D eigenvalue weighted by Crippen LogP contribution is -2.53. The van der Waals surface area contributed by atoms with E-state index in [1.54, 1.807) is 0 Å². The van der Waals surface area contributed by atoms with Crippen LogP contribution in [0.1, 0.15) is 63.1 Å². The van der Waals surface area contributed by atoms with Gasteiger partial charge in [0.1, 0.15) is 0 Å². The van der Waals surface area contributed by atoms with Crippen molar-refractivity contribution in [2.24, 2.45) is 0 Å². The van der Waals surface area contributed by atoms with Crippen molar-refractivity contribution in [3.05, 3.63) is 35.4 Å². The van der Waals surface area contributed by atoms with Gasteiger partial charge in [-0.25, -0.2) is 0 Å². The van der Waals surface area contributed by atoms with Gasteiger partial charge in [0.15, 0.2) is 0 Å². The van der Waals surface area contributed by atoms with Gasteiger partial charge in [-0.05, 0) is 68.3 Å². The van der Waals surface area contributed by atoms with E-state index in [0.29, 0.717) is 13.0 Å². The Morgan fingerprint density at radius 3 is 2.61 bits per heavy atom. The molecule has 2 atom stereocenters. The minimum Gasteiger partial charge on any atom is -0.375 e. The Labute approximate surface area is 173 Å². The lowest BCUT2D eigenvalue weighted by atomic mass is 9.71. The van der Waals surface area contributed by atoms with Crippen molar-refractivity contribution in [2.75, 3.05) is 31.2 Å². The van der Waals surface area contributed by atoms with Gasteiger partial charge >= 0.3 is 0 Å². The molecule has 28 heavy (non-hydrogen) atoms. The van der Waals surface area contributed by atoms with Crippen LogP contribution in [0.3, 0.4) is 0 Å². The Morgan fingerprint density at radius 2 is 1.93 bits per heavy atom. The van der Waals surface area contributed by atoms with Crippen LogP contribution in [0, 0.1) is 0 Å². The highest BCUT2D eigenvalue weighted by Crippen LogP contribution is 2.52. The molecule has 2 fully saturated rings. The second-order valence-corrected chi connectivity index (χ2v) is 9.62. The number of nitrogens with one attached hydrogen (secondary N) is 1. The molecule has 1 aromatic carbocycles. The first kappa shape index (κ1) is 20.2. The molecule has 0 radical (unpaired) electrons. The maximum Gasteiger partial charge on any atom is 0.220 e. The first-order valence-corrected chi connectivity index (χ1v) is 12.2. The zero-order chi connectivity index (χ0) is 19.6. The summed E-state index contributed by atoms with van der Waals surface area (Å²) in [6.45, 7) is 6.96. The molecule has 1 aliphatic carbocycles. The van der Waals surface area contributed by atoms with E-state index in [0.717, 1.165) is 32.0 Å². The van der Waals surface area contributed by atoms with Crippen molar-refractivity contribution >= 4 is 17.7 Å². The summed E-state index contributed by atoms with van der Waals surface area (Å²) in [5.41, 5.74) is 2.71. The van der Waals surface area contributed by atoms with Gasteiger partial charge < -0.3 is 15.0 Å². The van der Waals surface area contributed by atoms with Gasteiger partial charge in [0.25, 0.3) is 0 Å². The van der Waals surface area contributed by atoms with Crippen LogP contribution in [-0.4, -0.2) is 54.2 Å². The minimum absolute atomic E-state index is 0.0260. The standard InChI is InChI=1S/C23H34N2O2S/c1-3-20(26)24-21-18-7-5-6-8-19(18)23(22(21)27-4-2)11-13-25(14-12-23)17-9-15-28-16-10-17/h5-8,17,21-22H,3-4,9-16H2,1-2H3,(H,24,26)/t21-,22+/m1/s1. The second kappa shape index (κ2) is 8.76. The van der Waals surface area contributed by atoms with Crippen molar-refractivity contribution in [2.45, 2.75) is 69.6 Å². The Bertz CT molecular complexity index is 681. The van der Waals surface area contributed by atoms with Crippen LogP contribution in [0.25, 0.3) is 0 Å². The molecule has 1 amide bonds. The predicted octanol–water partition coefficient (Wildman–Crippen LogP) is 3.90.